The van der Waals surface area contributed by atoms with E-state index in [1.165, 1.54) is 66.3 Å². The quantitative estimate of drug-likeness (QED) is 0.00298. The maximum Gasteiger partial charge on any atom is 0.345 e. The molecule has 1 saturated heterocycles. The molecule has 0 aliphatic carbocycles. The fourth-order valence-corrected chi connectivity index (χ4v) is 11.3. The maximum absolute atomic E-state index is 15.2. The monoisotopic (exact) mass is 1440 g/mol. The van der Waals surface area contributed by atoms with Crippen LogP contribution < -0.4 is 64.6 Å². The molecule has 104 heavy (non-hydrogen) atoms. The van der Waals surface area contributed by atoms with Crippen LogP contribution in [0.2, 0.25) is 0 Å². The van der Waals surface area contributed by atoms with E-state index >= 15 is 9.59 Å². The van der Waals surface area contributed by atoms with E-state index in [1.807, 2.05) is 0 Å². The van der Waals surface area contributed by atoms with Crippen molar-refractivity contribution >= 4 is 77.0 Å². The molecule has 0 radical (unpaired) electrons. The number of nitrogens with zero attached hydrogens (tertiary/aromatic N) is 7. The Kier molecular flexibility index (Phi) is 31.7. The van der Waals surface area contributed by atoms with Crippen LogP contribution >= 0.6 is 0 Å². The molecule has 1 aliphatic rings. The summed E-state index contributed by atoms with van der Waals surface area (Å²) in [6.07, 6.45) is 4.85. The number of imidazole rings is 2. The van der Waals surface area contributed by atoms with Gasteiger partial charge in [-0.25, -0.2) is 19.6 Å². The van der Waals surface area contributed by atoms with Gasteiger partial charge >= 0.3 is 17.9 Å². The number of carboxylic acids is 1. The van der Waals surface area contributed by atoms with E-state index in [9.17, 15) is 53.1 Å². The van der Waals surface area contributed by atoms with E-state index in [2.05, 4.69) is 77.7 Å². The molecule has 3 aromatic carbocycles. The Morgan fingerprint density at radius 3 is 1.73 bits per heavy atom. The minimum absolute atomic E-state index is 0.0181. The lowest BCUT2D eigenvalue weighted by atomic mass is 9.96. The average Bonchev–Trinajstić information content (AvgIpc) is 1.57. The summed E-state index contributed by atoms with van der Waals surface area (Å²) >= 11 is 0. The highest BCUT2D eigenvalue weighted by molar-refractivity contribution is 6.01. The fourth-order valence-electron chi connectivity index (χ4n) is 11.3. The van der Waals surface area contributed by atoms with Crippen LogP contribution in [-0.4, -0.2) is 180 Å². The number of carboxylic acid groups (broad SMARTS) is 1. The summed E-state index contributed by atoms with van der Waals surface area (Å²) in [7, 11) is 0. The predicted molar refractivity (Wildman–Crippen MR) is 376 cm³/mol. The lowest BCUT2D eigenvalue weighted by Gasteiger charge is -2.32. The van der Waals surface area contributed by atoms with Crippen molar-refractivity contribution in [3.8, 4) is 5.75 Å². The number of azide groups is 1. The molecule has 3 heterocycles. The van der Waals surface area contributed by atoms with Gasteiger partial charge in [-0.3, -0.25) is 52.9 Å². The van der Waals surface area contributed by atoms with Crippen LogP contribution in [0.25, 0.3) is 10.4 Å². The number of nitrogens with two attached hydrogens (primary N) is 3. The van der Waals surface area contributed by atoms with Gasteiger partial charge in [0.1, 0.15) is 65.4 Å². The Bertz CT molecular complexity index is 3800. The van der Waals surface area contributed by atoms with Gasteiger partial charge in [-0.05, 0) is 90.8 Å². The number of aliphatic carboxylic acids is 1. The van der Waals surface area contributed by atoms with E-state index in [0.29, 0.717) is 28.9 Å². The molecule has 2 aromatic heterocycles. The van der Waals surface area contributed by atoms with Crippen molar-refractivity contribution in [3.05, 3.63) is 148 Å². The number of carbonyl (C=O) groups is 12. The number of aromatic nitrogens is 4. The number of aliphatic imine (C=N–C) groups is 1. The molecule has 0 saturated carbocycles. The number of likely N-dealkylation sites (tertiary alicyclic amines) is 1. The highest BCUT2D eigenvalue weighted by atomic mass is 16.6. The lowest BCUT2D eigenvalue weighted by Crippen LogP contribution is -2.62. The van der Waals surface area contributed by atoms with E-state index in [-0.39, 0.29) is 94.1 Å². The van der Waals surface area contributed by atoms with Crippen molar-refractivity contribution in [2.24, 2.45) is 45.2 Å². The summed E-state index contributed by atoms with van der Waals surface area (Å²) < 4.78 is 5.22. The first-order valence-corrected chi connectivity index (χ1v) is 34.0. The minimum Gasteiger partial charge on any atom is -0.481 e. The number of carbonyl (C=O) groups excluding carboxylic acids is 11. The van der Waals surface area contributed by atoms with Crippen LogP contribution in [0.3, 0.4) is 0 Å². The van der Waals surface area contributed by atoms with Gasteiger partial charge in [0.25, 0.3) is 0 Å². The number of nitrogens with one attached hydrogen (secondary N) is 10. The average molecular weight is 1440 g/mol. The number of guanidine groups is 1. The number of H-pyrrole nitrogens is 2. The first-order valence-electron chi connectivity index (χ1n) is 34.0. The Hall–Kier alpha value is -11.7. The zero-order valence-electron chi connectivity index (χ0n) is 58.6. The molecular formula is C69H92N20O15. The Balaban J connectivity index is 1.25. The summed E-state index contributed by atoms with van der Waals surface area (Å²) in [5.74, 6) is -12.6. The molecular weight excluding hydrogens is 1350 g/mol. The SMILES string of the molecule is CC[C@H](C)[C@H](NC(=O)[C@H](Cc1ccc(ON=[N+]=[N-])cc1)NC(=O)[C@@H](NC(=O)[C@H](CCCN=C(N)N)NC(=O)[C@@H](N)CC(=O)O)C(C)C)C(=O)N[C@@H](Cc1cnc[nH]1)C(=O)N1CCC[C@H]1C(=O)N[C@@H](Cc1ccccc1)C(=O)N[C@@H](Cc1cnc[nH]1)C(=O)N[C@@H](CC(C)C)C(=O)OC(=O)c1ccccc1. The van der Waals surface area contributed by atoms with Gasteiger partial charge in [0.15, 0.2) is 5.96 Å². The van der Waals surface area contributed by atoms with E-state index in [0.717, 1.165) is 0 Å². The first kappa shape index (κ1) is 81.2. The zero-order chi connectivity index (χ0) is 76.0. The van der Waals surface area contributed by atoms with Crippen LogP contribution in [0, 0.1) is 17.8 Å². The highest BCUT2D eigenvalue weighted by Crippen LogP contribution is 2.23. The summed E-state index contributed by atoms with van der Waals surface area (Å²) in [6.45, 7) is 10.3. The largest absolute Gasteiger partial charge is 0.481 e. The summed E-state index contributed by atoms with van der Waals surface area (Å²) in [4.78, 5) is 196. The molecule has 1 fully saturated rings. The minimum atomic E-state index is -1.55. The molecule has 0 spiro atoms. The summed E-state index contributed by atoms with van der Waals surface area (Å²) in [5, 5.41) is 34.0. The van der Waals surface area contributed by atoms with Gasteiger partial charge < -0.3 is 89.3 Å². The number of rotatable bonds is 40. The normalized spacial score (nSPS) is 15.4. The predicted octanol–water partition coefficient (Wildman–Crippen LogP) is 0.864. The zero-order valence-corrected chi connectivity index (χ0v) is 58.6. The molecule has 35 nitrogen and oxygen atoms in total. The molecule has 11 atom stereocenters. The van der Waals surface area contributed by atoms with Crippen LogP contribution in [0.5, 0.6) is 5.75 Å². The molecule has 5 aromatic rings. The number of amides is 9. The number of esters is 2. The summed E-state index contributed by atoms with van der Waals surface area (Å²) in [5.41, 5.74) is 27.5. The summed E-state index contributed by atoms with van der Waals surface area (Å²) in [6, 6.07) is 8.24. The smallest absolute Gasteiger partial charge is 0.345 e. The molecule has 17 N–H and O–H groups in total. The van der Waals surface area contributed by atoms with Gasteiger partial charge in [0.05, 0.1) is 30.7 Å². The van der Waals surface area contributed by atoms with Crippen molar-refractivity contribution in [2.75, 3.05) is 13.1 Å². The van der Waals surface area contributed by atoms with Crippen molar-refractivity contribution < 1.29 is 72.2 Å². The van der Waals surface area contributed by atoms with E-state index in [1.54, 1.807) is 90.1 Å². The van der Waals surface area contributed by atoms with Crippen molar-refractivity contribution in [2.45, 2.75) is 173 Å². The van der Waals surface area contributed by atoms with Crippen LogP contribution in [0.4, 0.5) is 0 Å². The van der Waals surface area contributed by atoms with Crippen LogP contribution in [0.1, 0.15) is 119 Å². The van der Waals surface area contributed by atoms with Crippen LogP contribution in [-0.2, 0) is 83.2 Å². The molecule has 558 valence electrons. The van der Waals surface area contributed by atoms with Gasteiger partial charge in [0, 0.05) is 67.5 Å². The van der Waals surface area contributed by atoms with Crippen molar-refractivity contribution in [1.82, 2.24) is 67.4 Å². The molecule has 35 heteroatoms. The number of ether oxygens (including phenoxy) is 1. The number of hydrogen-bond acceptors (Lipinski definition) is 19. The van der Waals surface area contributed by atoms with Gasteiger partial charge in [-0.15, -0.1) is 0 Å². The third-order valence-electron chi connectivity index (χ3n) is 17.0. The Labute approximate surface area is 599 Å². The first-order chi connectivity index (χ1) is 49.6. The molecule has 0 bridgehead atoms. The topological polar surface area (TPSA) is 540 Å². The Morgan fingerprint density at radius 2 is 1.16 bits per heavy atom. The second-order valence-corrected chi connectivity index (χ2v) is 25.9. The maximum atomic E-state index is 15.2. The third kappa shape index (κ3) is 25.7. The van der Waals surface area contributed by atoms with Crippen LogP contribution in [0.15, 0.2) is 120 Å². The second kappa shape index (κ2) is 40.6. The second-order valence-electron chi connectivity index (χ2n) is 25.9. The van der Waals surface area contributed by atoms with Crippen molar-refractivity contribution in [1.29, 1.82) is 0 Å². The lowest BCUT2D eigenvalue weighted by molar-refractivity contribution is -0.143. The number of benzene rings is 3. The number of hydrogen-bond donors (Lipinski definition) is 14. The number of aromatic amines is 2. The Morgan fingerprint density at radius 1 is 0.644 bits per heavy atom. The molecule has 1 aliphatic heterocycles. The standard InChI is InChI=1S/C69H92N20O15/c1-7-40(6)57(86-62(96)50(30-42-22-24-46(25-23-42)104-88-87-73)82-64(98)56(39(4)5)85-59(93)48(20-14-26-76-69(71)72)79-58(92)47(70)33-55(90)91)65(99)83-52(32-45-35-75-37-78-45)66(100)89-27-15-21-54(89)63(97)81-49(29-41-16-10-8-11-17-41)60(94)80-51(31-44-34-74-36-77-44)61(95)84-53(28-38(2)3)68(102)103-67(101)43-18-12-9-13-19-43/h8-13,16-19,22-25,34-40,47-54,56-57H,7,14-15,20-21,26-33,70H2,1-6H3,(H,74,77)(H,75,78)(H,79,92)(H,80,94)(H,81,97)(H,82,98)(H,83,99)(H,84,95)(H,85,93)(H,86,96)(H,90,91)(H4,71,72,76)/t40-,47-,48-,49-,50-,51-,52-,53-,54-,56-,57-/m0/s1. The van der Waals surface area contributed by atoms with E-state index in [4.69, 9.17) is 32.3 Å². The van der Waals surface area contributed by atoms with Crippen molar-refractivity contribution in [3.63, 3.8) is 0 Å². The van der Waals surface area contributed by atoms with Gasteiger partial charge in [0.2, 0.25) is 53.2 Å². The molecule has 0 unspecified atom stereocenters. The molecule has 9 amide bonds. The fraction of sp³-hybridized carbons (Fsp3) is 0.464. The highest BCUT2D eigenvalue weighted by Gasteiger charge is 2.42. The van der Waals surface area contributed by atoms with Gasteiger partial charge in [-0.1, -0.05) is 109 Å². The third-order valence-corrected chi connectivity index (χ3v) is 17.0. The molecule has 6 rings (SSSR count). The van der Waals surface area contributed by atoms with E-state index < -0.39 is 150 Å². The van der Waals surface area contributed by atoms with Gasteiger partial charge in [-0.2, -0.15) is 0 Å².